The second-order valence-corrected chi connectivity index (χ2v) is 8.48. The van der Waals surface area contributed by atoms with Crippen molar-refractivity contribution in [3.05, 3.63) is 83.4 Å². The third-order valence-corrected chi connectivity index (χ3v) is 5.50. The lowest BCUT2D eigenvalue weighted by atomic mass is 9.85. The fourth-order valence-corrected chi connectivity index (χ4v) is 3.80. The molecule has 0 aliphatic heterocycles. The number of alkyl halides is 6. The lowest BCUT2D eigenvalue weighted by Crippen LogP contribution is -2.14. The molecule has 34 heavy (non-hydrogen) atoms. The Bertz CT molecular complexity index is 1140. The van der Waals surface area contributed by atoms with Crippen LogP contribution in [0, 0.1) is 5.92 Å². The lowest BCUT2D eigenvalue weighted by molar-refractivity contribution is -0.139. The number of hydrogen-bond acceptors (Lipinski definition) is 1. The number of carbonyl (C=O) groups is 1. The minimum absolute atomic E-state index is 0.0743. The third kappa shape index (κ3) is 5.79. The molecular weight excluding hydrogens is 458 g/mol. The zero-order valence-corrected chi connectivity index (χ0v) is 18.3. The lowest BCUT2D eigenvalue weighted by Gasteiger charge is -2.19. The van der Waals surface area contributed by atoms with Crippen molar-refractivity contribution in [2.45, 2.75) is 38.5 Å². The molecule has 1 unspecified atom stereocenters. The van der Waals surface area contributed by atoms with Crippen LogP contribution in [0.1, 0.15) is 42.9 Å². The Morgan fingerprint density at radius 3 is 1.56 bits per heavy atom. The van der Waals surface area contributed by atoms with Gasteiger partial charge < -0.3 is 5.11 Å². The minimum Gasteiger partial charge on any atom is -0.481 e. The van der Waals surface area contributed by atoms with Gasteiger partial charge in [0.1, 0.15) is 0 Å². The van der Waals surface area contributed by atoms with Gasteiger partial charge >= 0.3 is 18.3 Å². The highest BCUT2D eigenvalue weighted by Crippen LogP contribution is 2.39. The smallest absolute Gasteiger partial charge is 0.416 e. The van der Waals surface area contributed by atoms with E-state index in [0.717, 1.165) is 24.3 Å². The highest BCUT2D eigenvalue weighted by Gasteiger charge is 2.31. The second-order valence-electron chi connectivity index (χ2n) is 8.48. The van der Waals surface area contributed by atoms with Gasteiger partial charge in [0.25, 0.3) is 0 Å². The van der Waals surface area contributed by atoms with Gasteiger partial charge in [-0.05, 0) is 70.5 Å². The van der Waals surface area contributed by atoms with E-state index in [-0.39, 0.29) is 5.92 Å². The molecule has 1 N–H and O–H groups in total. The highest BCUT2D eigenvalue weighted by molar-refractivity contribution is 5.86. The molecule has 0 aromatic heterocycles. The summed E-state index contributed by atoms with van der Waals surface area (Å²) in [4.78, 5) is 11.9. The topological polar surface area (TPSA) is 37.3 Å². The number of rotatable bonds is 6. The molecular formula is C26H22F6O2. The predicted octanol–water partition coefficient (Wildman–Crippen LogP) is 8.27. The van der Waals surface area contributed by atoms with Gasteiger partial charge in [-0.3, -0.25) is 4.79 Å². The number of aliphatic carboxylic acids is 1. The predicted molar refractivity (Wildman–Crippen MR) is 117 cm³/mol. The second kappa shape index (κ2) is 9.52. The summed E-state index contributed by atoms with van der Waals surface area (Å²) >= 11 is 0. The summed E-state index contributed by atoms with van der Waals surface area (Å²) in [6.07, 6.45) is -8.69. The van der Waals surface area contributed by atoms with E-state index < -0.39 is 35.4 Å². The molecule has 0 saturated heterocycles. The summed E-state index contributed by atoms with van der Waals surface area (Å²) in [6.45, 7) is 3.76. The van der Waals surface area contributed by atoms with Crippen LogP contribution < -0.4 is 0 Å². The Kier molecular flexibility index (Phi) is 7.10. The van der Waals surface area contributed by atoms with Crippen LogP contribution in [0.3, 0.4) is 0 Å². The van der Waals surface area contributed by atoms with Gasteiger partial charge in [-0.1, -0.05) is 50.2 Å². The van der Waals surface area contributed by atoms with Crippen LogP contribution in [-0.4, -0.2) is 11.1 Å². The van der Waals surface area contributed by atoms with Gasteiger partial charge in [-0.15, -0.1) is 0 Å². The van der Waals surface area contributed by atoms with E-state index in [0.29, 0.717) is 34.2 Å². The van der Waals surface area contributed by atoms with Gasteiger partial charge in [0.15, 0.2) is 0 Å². The SMILES string of the molecule is CC(C)CC(C(=O)O)c1ccc(-c2ccc(C(F)(F)F)cc2)c(-c2ccc(C(F)(F)F)cc2)c1. The van der Waals surface area contributed by atoms with Crippen LogP contribution >= 0.6 is 0 Å². The summed E-state index contributed by atoms with van der Waals surface area (Å²) < 4.78 is 78.0. The van der Waals surface area contributed by atoms with E-state index in [9.17, 15) is 36.2 Å². The molecule has 0 bridgehead atoms. The standard InChI is InChI=1S/C26H22F6O2/c1-15(2)13-23(24(33)34)18-7-12-21(16-3-8-19(9-4-16)25(27,28)29)22(14-18)17-5-10-20(11-6-17)26(30,31)32/h3-12,14-15,23H,13H2,1-2H3,(H,33,34). The number of carboxylic acid groups (broad SMARTS) is 1. The number of carboxylic acids is 1. The minimum atomic E-state index is -4.53. The molecule has 3 rings (SSSR count). The van der Waals surface area contributed by atoms with Gasteiger partial charge in [0.05, 0.1) is 17.0 Å². The summed E-state index contributed by atoms with van der Waals surface area (Å²) in [5, 5.41) is 9.72. The Labute approximate surface area is 192 Å². The normalized spacial score (nSPS) is 13.2. The van der Waals surface area contributed by atoms with Crippen molar-refractivity contribution in [3.8, 4) is 22.3 Å². The zero-order valence-electron chi connectivity index (χ0n) is 18.3. The van der Waals surface area contributed by atoms with Crippen molar-refractivity contribution in [2.75, 3.05) is 0 Å². The number of halogens is 6. The van der Waals surface area contributed by atoms with Crippen LogP contribution in [0.2, 0.25) is 0 Å². The first-order valence-corrected chi connectivity index (χ1v) is 10.5. The maximum atomic E-state index is 13.0. The molecule has 0 fully saturated rings. The van der Waals surface area contributed by atoms with Gasteiger partial charge in [0.2, 0.25) is 0 Å². The Morgan fingerprint density at radius 1 is 0.735 bits per heavy atom. The zero-order chi connectivity index (χ0) is 25.3. The van der Waals surface area contributed by atoms with Crippen LogP contribution in [0.25, 0.3) is 22.3 Å². The number of benzene rings is 3. The average molecular weight is 480 g/mol. The van der Waals surface area contributed by atoms with E-state index in [4.69, 9.17) is 0 Å². The Balaban J connectivity index is 2.16. The van der Waals surface area contributed by atoms with Crippen LogP contribution in [-0.2, 0) is 17.1 Å². The van der Waals surface area contributed by atoms with Crippen molar-refractivity contribution in [1.82, 2.24) is 0 Å². The van der Waals surface area contributed by atoms with Crippen LogP contribution in [0.5, 0.6) is 0 Å². The molecule has 0 heterocycles. The molecule has 3 aromatic carbocycles. The summed E-state index contributed by atoms with van der Waals surface area (Å²) in [5.74, 6) is -1.80. The van der Waals surface area contributed by atoms with Gasteiger partial charge in [0, 0.05) is 0 Å². The first-order valence-electron chi connectivity index (χ1n) is 10.5. The van der Waals surface area contributed by atoms with Crippen LogP contribution in [0.15, 0.2) is 66.7 Å². The average Bonchev–Trinajstić information content (AvgIpc) is 2.76. The monoisotopic (exact) mass is 480 g/mol. The molecule has 180 valence electrons. The summed E-state index contributed by atoms with van der Waals surface area (Å²) in [5.41, 5.74) is 0.515. The summed E-state index contributed by atoms with van der Waals surface area (Å²) in [7, 11) is 0. The molecule has 2 nitrogen and oxygen atoms in total. The molecule has 1 atom stereocenters. The largest absolute Gasteiger partial charge is 0.481 e. The molecule has 0 aliphatic rings. The first kappa shape index (κ1) is 25.3. The Hall–Kier alpha value is -3.29. The molecule has 3 aromatic rings. The van der Waals surface area contributed by atoms with E-state index in [1.807, 2.05) is 13.8 Å². The van der Waals surface area contributed by atoms with E-state index in [1.165, 1.54) is 24.3 Å². The maximum Gasteiger partial charge on any atom is 0.416 e. The van der Waals surface area contributed by atoms with Gasteiger partial charge in [-0.25, -0.2) is 0 Å². The maximum absolute atomic E-state index is 13.0. The van der Waals surface area contributed by atoms with E-state index in [1.54, 1.807) is 18.2 Å². The van der Waals surface area contributed by atoms with Crippen molar-refractivity contribution in [1.29, 1.82) is 0 Å². The molecule has 8 heteroatoms. The molecule has 0 saturated carbocycles. The third-order valence-electron chi connectivity index (χ3n) is 5.50. The molecule has 0 radical (unpaired) electrons. The van der Waals surface area contributed by atoms with Gasteiger partial charge in [-0.2, -0.15) is 26.3 Å². The van der Waals surface area contributed by atoms with E-state index >= 15 is 0 Å². The quantitative estimate of drug-likeness (QED) is 0.361. The van der Waals surface area contributed by atoms with E-state index in [2.05, 4.69) is 0 Å². The number of hydrogen-bond donors (Lipinski definition) is 1. The fourth-order valence-electron chi connectivity index (χ4n) is 3.80. The fraction of sp³-hybridized carbons (Fsp3) is 0.269. The van der Waals surface area contributed by atoms with Crippen molar-refractivity contribution < 1.29 is 36.2 Å². The highest BCUT2D eigenvalue weighted by atomic mass is 19.4. The van der Waals surface area contributed by atoms with Crippen LogP contribution in [0.4, 0.5) is 26.3 Å². The molecule has 0 amide bonds. The Morgan fingerprint density at radius 2 is 1.18 bits per heavy atom. The van der Waals surface area contributed by atoms with Crippen molar-refractivity contribution in [2.24, 2.45) is 5.92 Å². The summed E-state index contributed by atoms with van der Waals surface area (Å²) in [6, 6.07) is 13.6. The molecule has 0 aliphatic carbocycles. The van der Waals surface area contributed by atoms with Crippen molar-refractivity contribution in [3.63, 3.8) is 0 Å². The first-order chi connectivity index (χ1) is 15.8. The van der Waals surface area contributed by atoms with Crippen molar-refractivity contribution >= 4 is 5.97 Å². The molecule has 0 spiro atoms.